The summed E-state index contributed by atoms with van der Waals surface area (Å²) >= 11 is 5.11. The van der Waals surface area contributed by atoms with E-state index in [1.54, 1.807) is 18.2 Å². The number of hydrazone groups is 1. The van der Waals surface area contributed by atoms with E-state index in [0.717, 1.165) is 17.0 Å². The largest absolute Gasteiger partial charge is 0.382 e. The molecule has 0 aromatic carbocycles. The molecule has 7 heteroatoms. The quantitative estimate of drug-likeness (QED) is 0.356. The number of nitrogens with zero attached hydrogens (tertiary/aromatic N) is 3. The van der Waals surface area contributed by atoms with Gasteiger partial charge in [-0.3, -0.25) is 10.4 Å². The molecule has 6 nitrogen and oxygen atoms in total. The fraction of sp³-hybridized carbons (Fsp3) is 0.500. The number of thiocarbonyl (C=S) groups is 1. The van der Waals surface area contributed by atoms with Gasteiger partial charge < -0.3 is 14.4 Å². The fourth-order valence-electron chi connectivity index (χ4n) is 1.38. The predicted octanol–water partition coefficient (Wildman–Crippen LogP) is 1.40. The van der Waals surface area contributed by atoms with Crippen LogP contribution < -0.4 is 5.43 Å². The summed E-state index contributed by atoms with van der Waals surface area (Å²) < 4.78 is 10.4. The lowest BCUT2D eigenvalue weighted by Gasteiger charge is -2.12. The van der Waals surface area contributed by atoms with Crippen LogP contribution in [-0.4, -0.2) is 55.1 Å². The van der Waals surface area contributed by atoms with Gasteiger partial charge in [0.15, 0.2) is 5.11 Å². The maximum Gasteiger partial charge on any atom is 0.189 e. The summed E-state index contributed by atoms with van der Waals surface area (Å²) in [6.07, 6.45) is 1.74. The minimum Gasteiger partial charge on any atom is -0.382 e. The minimum atomic E-state index is 0.524. The standard InChI is InChI=1S/C14H22N4O2S/c1-11(16-17-14(21)18(2)3)13-9-12(5-6-15-13)10-20-8-7-19-4/h5-6,9H,7-8,10H2,1-4H3,(H,17,21)/b16-11+. The van der Waals surface area contributed by atoms with Gasteiger partial charge in [0, 0.05) is 27.4 Å². The molecule has 0 radical (unpaired) electrons. The van der Waals surface area contributed by atoms with Crippen molar-refractivity contribution in [2.45, 2.75) is 13.5 Å². The third-order valence-corrected chi connectivity index (χ3v) is 3.08. The van der Waals surface area contributed by atoms with Gasteiger partial charge in [0.2, 0.25) is 0 Å². The molecule has 1 aromatic rings. The molecule has 1 N–H and O–H groups in total. The van der Waals surface area contributed by atoms with Crippen LogP contribution in [0.25, 0.3) is 0 Å². The van der Waals surface area contributed by atoms with Crippen LogP contribution in [-0.2, 0) is 16.1 Å². The third kappa shape index (κ3) is 6.61. The van der Waals surface area contributed by atoms with Gasteiger partial charge in [0.05, 0.1) is 31.2 Å². The van der Waals surface area contributed by atoms with E-state index in [1.165, 1.54) is 0 Å². The molecule has 0 aliphatic carbocycles. The monoisotopic (exact) mass is 310 g/mol. The Hall–Kier alpha value is -1.57. The summed E-state index contributed by atoms with van der Waals surface area (Å²) in [4.78, 5) is 6.08. The van der Waals surface area contributed by atoms with Crippen LogP contribution >= 0.6 is 12.2 Å². The molecule has 0 atom stereocenters. The zero-order chi connectivity index (χ0) is 15.7. The molecular weight excluding hydrogens is 288 g/mol. The van der Waals surface area contributed by atoms with E-state index < -0.39 is 0 Å². The van der Waals surface area contributed by atoms with Crippen molar-refractivity contribution in [3.05, 3.63) is 29.6 Å². The smallest absolute Gasteiger partial charge is 0.189 e. The molecule has 0 fully saturated rings. The van der Waals surface area contributed by atoms with Crippen LogP contribution in [0.3, 0.4) is 0 Å². The van der Waals surface area contributed by atoms with E-state index in [0.29, 0.717) is 24.9 Å². The number of pyridine rings is 1. The van der Waals surface area contributed by atoms with E-state index >= 15 is 0 Å². The van der Waals surface area contributed by atoms with E-state index in [4.69, 9.17) is 21.7 Å². The molecule has 0 bridgehead atoms. The van der Waals surface area contributed by atoms with Crippen molar-refractivity contribution in [3.8, 4) is 0 Å². The van der Waals surface area contributed by atoms with Crippen molar-refractivity contribution in [2.24, 2.45) is 5.10 Å². The first kappa shape index (κ1) is 17.5. The van der Waals surface area contributed by atoms with Gasteiger partial charge in [-0.1, -0.05) is 0 Å². The SMILES string of the molecule is COCCOCc1ccnc(/C(C)=N/NC(=S)N(C)C)c1. The number of ether oxygens (including phenoxy) is 2. The van der Waals surface area contributed by atoms with Crippen molar-refractivity contribution >= 4 is 23.0 Å². The lowest BCUT2D eigenvalue weighted by atomic mass is 10.2. The van der Waals surface area contributed by atoms with E-state index in [-0.39, 0.29) is 0 Å². The van der Waals surface area contributed by atoms with Gasteiger partial charge in [-0.05, 0) is 36.8 Å². The summed E-state index contributed by atoms with van der Waals surface area (Å²) in [5.41, 5.74) is 5.41. The maximum absolute atomic E-state index is 5.49. The Balaban J connectivity index is 2.61. The molecule has 1 heterocycles. The van der Waals surface area contributed by atoms with Gasteiger partial charge >= 0.3 is 0 Å². The minimum absolute atomic E-state index is 0.524. The highest BCUT2D eigenvalue weighted by Crippen LogP contribution is 2.05. The molecule has 1 rings (SSSR count). The summed E-state index contributed by atoms with van der Waals surface area (Å²) in [5.74, 6) is 0. The molecule has 1 aromatic heterocycles. The summed E-state index contributed by atoms with van der Waals surface area (Å²) in [6, 6.07) is 3.87. The summed E-state index contributed by atoms with van der Waals surface area (Å²) in [7, 11) is 5.37. The number of rotatable bonds is 7. The number of methoxy groups -OCH3 is 1. The first-order valence-electron chi connectivity index (χ1n) is 6.58. The number of nitrogens with one attached hydrogen (secondary N) is 1. The van der Waals surface area contributed by atoms with Crippen LogP contribution in [0.15, 0.2) is 23.4 Å². The van der Waals surface area contributed by atoms with Crippen LogP contribution in [0.1, 0.15) is 18.2 Å². The highest BCUT2D eigenvalue weighted by atomic mass is 32.1. The highest BCUT2D eigenvalue weighted by Gasteiger charge is 2.03. The van der Waals surface area contributed by atoms with Gasteiger partial charge in [-0.25, -0.2) is 0 Å². The predicted molar refractivity (Wildman–Crippen MR) is 87.4 cm³/mol. The maximum atomic E-state index is 5.49. The second-order valence-electron chi connectivity index (χ2n) is 4.60. The summed E-state index contributed by atoms with van der Waals surface area (Å²) in [6.45, 7) is 3.56. The average Bonchev–Trinajstić information content (AvgIpc) is 2.49. The van der Waals surface area contributed by atoms with Gasteiger partial charge in [0.25, 0.3) is 0 Å². The number of hydrogen-bond donors (Lipinski definition) is 1. The van der Waals surface area contributed by atoms with Crippen LogP contribution in [0.2, 0.25) is 0 Å². The number of aromatic nitrogens is 1. The Kier molecular flexibility index (Phi) is 7.81. The topological polar surface area (TPSA) is 59.0 Å². The van der Waals surface area contributed by atoms with E-state index in [1.807, 2.05) is 33.2 Å². The van der Waals surface area contributed by atoms with Crippen molar-refractivity contribution in [1.82, 2.24) is 15.3 Å². The molecule has 0 spiro atoms. The lowest BCUT2D eigenvalue weighted by molar-refractivity contribution is 0.0616. The third-order valence-electron chi connectivity index (χ3n) is 2.62. The first-order chi connectivity index (χ1) is 10.0. The first-order valence-corrected chi connectivity index (χ1v) is 6.99. The lowest BCUT2D eigenvalue weighted by Crippen LogP contribution is -2.31. The molecule has 0 amide bonds. The second kappa shape index (κ2) is 9.38. The van der Waals surface area contributed by atoms with Crippen LogP contribution in [0, 0.1) is 0 Å². The van der Waals surface area contributed by atoms with Crippen LogP contribution in [0.4, 0.5) is 0 Å². The zero-order valence-electron chi connectivity index (χ0n) is 12.9. The Morgan fingerprint density at radius 2 is 2.19 bits per heavy atom. The molecule has 0 aliphatic heterocycles. The van der Waals surface area contributed by atoms with Gasteiger partial charge in [-0.2, -0.15) is 5.10 Å². The molecule has 21 heavy (non-hydrogen) atoms. The van der Waals surface area contributed by atoms with E-state index in [9.17, 15) is 0 Å². The fourth-order valence-corrected chi connectivity index (χ4v) is 1.43. The Bertz CT molecular complexity index is 492. The summed E-state index contributed by atoms with van der Waals surface area (Å²) in [5, 5.41) is 4.78. The highest BCUT2D eigenvalue weighted by molar-refractivity contribution is 7.80. The van der Waals surface area contributed by atoms with Crippen molar-refractivity contribution in [2.75, 3.05) is 34.4 Å². The Labute approximate surface area is 131 Å². The van der Waals surface area contributed by atoms with Gasteiger partial charge in [-0.15, -0.1) is 0 Å². The second-order valence-corrected chi connectivity index (χ2v) is 4.99. The zero-order valence-corrected chi connectivity index (χ0v) is 13.7. The Morgan fingerprint density at radius 3 is 2.86 bits per heavy atom. The normalized spacial score (nSPS) is 11.3. The molecule has 0 unspecified atom stereocenters. The molecule has 0 saturated heterocycles. The molecule has 0 aliphatic rings. The van der Waals surface area contributed by atoms with Crippen molar-refractivity contribution in [1.29, 1.82) is 0 Å². The van der Waals surface area contributed by atoms with Crippen molar-refractivity contribution < 1.29 is 9.47 Å². The molecular formula is C14H22N4O2S. The van der Waals surface area contributed by atoms with Crippen LogP contribution in [0.5, 0.6) is 0 Å². The molecule has 0 saturated carbocycles. The van der Waals surface area contributed by atoms with Crippen molar-refractivity contribution in [3.63, 3.8) is 0 Å². The van der Waals surface area contributed by atoms with Gasteiger partial charge in [0.1, 0.15) is 0 Å². The number of hydrogen-bond acceptors (Lipinski definition) is 5. The molecule has 116 valence electrons. The van der Waals surface area contributed by atoms with E-state index in [2.05, 4.69) is 15.5 Å². The average molecular weight is 310 g/mol. The Morgan fingerprint density at radius 1 is 1.43 bits per heavy atom.